The minimum atomic E-state index is -3.57. The highest BCUT2D eigenvalue weighted by Crippen LogP contribution is 2.23. The SMILES string of the molecule is CC(C)(C)OC(=O)NC(C(=O)OC(C)(C)C)C(F)(F)CS. The summed E-state index contributed by atoms with van der Waals surface area (Å²) < 4.78 is 37.3. The number of nitrogens with one attached hydrogen (secondary N) is 1. The van der Waals surface area contributed by atoms with Gasteiger partial charge in [0, 0.05) is 0 Å². The largest absolute Gasteiger partial charge is 0.458 e. The number of thiol groups is 1. The molecule has 0 saturated carbocycles. The van der Waals surface area contributed by atoms with Crippen molar-refractivity contribution in [3.63, 3.8) is 0 Å². The quantitative estimate of drug-likeness (QED) is 0.615. The molecule has 0 bridgehead atoms. The van der Waals surface area contributed by atoms with Gasteiger partial charge in [-0.15, -0.1) is 0 Å². The predicted octanol–water partition coefficient (Wildman–Crippen LogP) is 2.79. The van der Waals surface area contributed by atoms with E-state index in [1.807, 2.05) is 5.32 Å². The van der Waals surface area contributed by atoms with E-state index in [1.54, 1.807) is 20.8 Å². The van der Waals surface area contributed by atoms with Crippen LogP contribution in [0.5, 0.6) is 0 Å². The first-order chi connectivity index (χ1) is 9.18. The van der Waals surface area contributed by atoms with Crippen LogP contribution in [0.25, 0.3) is 0 Å². The summed E-state index contributed by atoms with van der Waals surface area (Å²) in [6, 6.07) is -2.16. The van der Waals surface area contributed by atoms with Crippen molar-refractivity contribution >= 4 is 24.7 Å². The number of halogens is 2. The number of hydrogen-bond acceptors (Lipinski definition) is 5. The Bertz CT molecular complexity index is 389. The van der Waals surface area contributed by atoms with Gasteiger partial charge in [0.25, 0.3) is 5.92 Å². The number of ether oxygens (including phenoxy) is 2. The minimum absolute atomic E-state index is 0.876. The molecule has 0 aliphatic heterocycles. The van der Waals surface area contributed by atoms with Gasteiger partial charge in [-0.1, -0.05) is 0 Å². The number of alkyl halides is 2. The van der Waals surface area contributed by atoms with E-state index in [4.69, 9.17) is 9.47 Å². The Hall–Kier alpha value is -1.05. The lowest BCUT2D eigenvalue weighted by molar-refractivity contribution is -0.166. The van der Waals surface area contributed by atoms with Gasteiger partial charge < -0.3 is 14.8 Å². The second kappa shape index (κ2) is 6.81. The van der Waals surface area contributed by atoms with Crippen molar-refractivity contribution in [3.05, 3.63) is 0 Å². The topological polar surface area (TPSA) is 64.6 Å². The van der Waals surface area contributed by atoms with E-state index in [0.717, 1.165) is 0 Å². The zero-order valence-electron chi connectivity index (χ0n) is 13.1. The average Bonchev–Trinajstić information content (AvgIpc) is 2.20. The number of alkyl carbamates (subject to hydrolysis) is 1. The molecule has 0 aliphatic rings. The van der Waals surface area contributed by atoms with E-state index < -0.39 is 41.0 Å². The van der Waals surface area contributed by atoms with Gasteiger partial charge in [-0.3, -0.25) is 0 Å². The van der Waals surface area contributed by atoms with Gasteiger partial charge in [0.15, 0.2) is 6.04 Å². The smallest absolute Gasteiger partial charge is 0.408 e. The summed E-state index contributed by atoms with van der Waals surface area (Å²) in [7, 11) is 0. The summed E-state index contributed by atoms with van der Waals surface area (Å²) in [5.41, 5.74) is -1.84. The molecule has 1 atom stereocenters. The molecule has 21 heavy (non-hydrogen) atoms. The van der Waals surface area contributed by atoms with Gasteiger partial charge >= 0.3 is 12.1 Å². The van der Waals surface area contributed by atoms with Gasteiger partial charge in [0.05, 0.1) is 5.75 Å². The molecule has 0 aromatic heterocycles. The first-order valence-corrected chi connectivity index (χ1v) is 7.02. The maximum atomic E-state index is 13.8. The second-order valence-corrected chi connectivity index (χ2v) is 6.85. The highest BCUT2D eigenvalue weighted by atomic mass is 32.1. The molecule has 1 unspecified atom stereocenters. The molecule has 0 aromatic carbocycles. The Morgan fingerprint density at radius 3 is 1.81 bits per heavy atom. The molecule has 124 valence electrons. The highest BCUT2D eigenvalue weighted by Gasteiger charge is 2.47. The van der Waals surface area contributed by atoms with E-state index in [1.165, 1.54) is 20.8 Å². The standard InChI is InChI=1S/C13H23F2NO4S/c1-11(2,3)19-9(17)8(13(14,15)7-21)16-10(18)20-12(4,5)6/h8,21H,7H2,1-6H3,(H,16,18). The first-order valence-electron chi connectivity index (χ1n) is 6.39. The Kier molecular flexibility index (Phi) is 6.47. The van der Waals surface area contributed by atoms with Crippen LogP contribution >= 0.6 is 12.6 Å². The van der Waals surface area contributed by atoms with Crippen molar-refractivity contribution in [2.45, 2.75) is 64.7 Å². The summed E-state index contributed by atoms with van der Waals surface area (Å²) in [6.45, 7) is 9.33. The molecule has 0 saturated heterocycles. The van der Waals surface area contributed by atoms with Crippen LogP contribution in [0.15, 0.2) is 0 Å². The van der Waals surface area contributed by atoms with E-state index in [-0.39, 0.29) is 0 Å². The molecule has 0 heterocycles. The van der Waals surface area contributed by atoms with Crippen LogP contribution in [-0.4, -0.2) is 41.0 Å². The van der Waals surface area contributed by atoms with Crippen LogP contribution in [0.4, 0.5) is 13.6 Å². The number of esters is 1. The zero-order valence-corrected chi connectivity index (χ0v) is 14.0. The van der Waals surface area contributed by atoms with Crippen molar-refractivity contribution in [1.82, 2.24) is 5.32 Å². The van der Waals surface area contributed by atoms with Gasteiger partial charge in [0.1, 0.15) is 11.2 Å². The molecule has 1 amide bonds. The van der Waals surface area contributed by atoms with Crippen LogP contribution in [-0.2, 0) is 14.3 Å². The Morgan fingerprint density at radius 1 is 1.05 bits per heavy atom. The molecule has 0 aromatic rings. The van der Waals surface area contributed by atoms with Gasteiger partial charge in [0.2, 0.25) is 0 Å². The van der Waals surface area contributed by atoms with E-state index in [9.17, 15) is 18.4 Å². The maximum absolute atomic E-state index is 13.8. The molecule has 0 rings (SSSR count). The third kappa shape index (κ3) is 8.08. The third-order valence-electron chi connectivity index (χ3n) is 1.94. The van der Waals surface area contributed by atoms with Crippen LogP contribution < -0.4 is 5.32 Å². The Morgan fingerprint density at radius 2 is 1.48 bits per heavy atom. The van der Waals surface area contributed by atoms with Crippen molar-refractivity contribution in [2.24, 2.45) is 0 Å². The fourth-order valence-corrected chi connectivity index (χ4v) is 1.40. The lowest BCUT2D eigenvalue weighted by atomic mass is 10.1. The summed E-state index contributed by atoms with van der Waals surface area (Å²) >= 11 is 3.51. The molecule has 0 spiro atoms. The lowest BCUT2D eigenvalue weighted by Crippen LogP contribution is -2.56. The van der Waals surface area contributed by atoms with Crippen molar-refractivity contribution in [3.8, 4) is 0 Å². The molecule has 0 fully saturated rings. The molecule has 0 radical (unpaired) electrons. The van der Waals surface area contributed by atoms with E-state index in [0.29, 0.717) is 0 Å². The van der Waals surface area contributed by atoms with Crippen LogP contribution in [0.3, 0.4) is 0 Å². The molecule has 8 heteroatoms. The zero-order chi connectivity index (χ0) is 17.1. The molecule has 1 N–H and O–H groups in total. The van der Waals surface area contributed by atoms with Crippen molar-refractivity contribution in [2.75, 3.05) is 5.75 Å². The number of rotatable bonds is 4. The van der Waals surface area contributed by atoms with Crippen LogP contribution in [0.2, 0.25) is 0 Å². The highest BCUT2D eigenvalue weighted by molar-refractivity contribution is 7.80. The Balaban J connectivity index is 5.10. The molecular formula is C13H23F2NO4S. The van der Waals surface area contributed by atoms with Crippen molar-refractivity contribution in [1.29, 1.82) is 0 Å². The van der Waals surface area contributed by atoms with Crippen LogP contribution in [0.1, 0.15) is 41.5 Å². The number of carbonyl (C=O) groups excluding carboxylic acids is 2. The lowest BCUT2D eigenvalue weighted by Gasteiger charge is -2.29. The molecular weight excluding hydrogens is 304 g/mol. The molecule has 0 aliphatic carbocycles. The number of carbonyl (C=O) groups is 2. The molecule has 5 nitrogen and oxygen atoms in total. The summed E-state index contributed by atoms with van der Waals surface area (Å²) in [5, 5.41) is 1.85. The van der Waals surface area contributed by atoms with Gasteiger partial charge in [-0.25, -0.2) is 18.4 Å². The second-order valence-electron chi connectivity index (χ2n) is 6.53. The summed E-state index contributed by atoms with van der Waals surface area (Å²) in [5.74, 6) is -5.73. The Labute approximate surface area is 129 Å². The average molecular weight is 327 g/mol. The summed E-state index contributed by atoms with van der Waals surface area (Å²) in [4.78, 5) is 23.5. The van der Waals surface area contributed by atoms with Gasteiger partial charge in [-0.2, -0.15) is 12.6 Å². The van der Waals surface area contributed by atoms with E-state index in [2.05, 4.69) is 12.6 Å². The summed E-state index contributed by atoms with van der Waals surface area (Å²) in [6.07, 6.45) is -1.13. The third-order valence-corrected chi connectivity index (χ3v) is 2.36. The fraction of sp³-hybridized carbons (Fsp3) is 0.846. The number of hydrogen-bond donors (Lipinski definition) is 2. The maximum Gasteiger partial charge on any atom is 0.408 e. The predicted molar refractivity (Wildman–Crippen MR) is 77.8 cm³/mol. The fourth-order valence-electron chi connectivity index (χ4n) is 1.21. The monoisotopic (exact) mass is 327 g/mol. The minimum Gasteiger partial charge on any atom is -0.458 e. The van der Waals surface area contributed by atoms with E-state index >= 15 is 0 Å². The van der Waals surface area contributed by atoms with Crippen LogP contribution in [0, 0.1) is 0 Å². The normalized spacial score (nSPS) is 14.3. The van der Waals surface area contributed by atoms with Crippen molar-refractivity contribution < 1.29 is 27.8 Å². The first kappa shape index (κ1) is 19.9. The van der Waals surface area contributed by atoms with Gasteiger partial charge in [-0.05, 0) is 41.5 Å². The number of amides is 1.